The summed E-state index contributed by atoms with van der Waals surface area (Å²) in [6, 6.07) is 14.8. The molecule has 0 amide bonds. The van der Waals surface area contributed by atoms with Gasteiger partial charge in [-0.3, -0.25) is 4.79 Å². The third kappa shape index (κ3) is 3.43. The number of halogens is 1. The van der Waals surface area contributed by atoms with Gasteiger partial charge in [0.05, 0.1) is 5.39 Å². The second-order valence-electron chi connectivity index (χ2n) is 5.19. The molecule has 0 radical (unpaired) electrons. The van der Waals surface area contributed by atoms with E-state index in [0.29, 0.717) is 28.2 Å². The molecule has 3 heteroatoms. The van der Waals surface area contributed by atoms with Crippen LogP contribution in [0.5, 0.6) is 0 Å². The highest BCUT2D eigenvalue weighted by Gasteiger charge is 2.09. The lowest BCUT2D eigenvalue weighted by molar-refractivity contribution is 0.587. The molecule has 114 valence electrons. The first-order valence-electron chi connectivity index (χ1n) is 7.27. The van der Waals surface area contributed by atoms with Crippen molar-refractivity contribution in [2.45, 2.75) is 6.42 Å². The Morgan fingerprint density at radius 2 is 1.87 bits per heavy atom. The average molecular weight is 323 g/mol. The molecule has 1 aromatic heterocycles. The Morgan fingerprint density at radius 1 is 1.09 bits per heavy atom. The molecule has 0 aliphatic carbocycles. The van der Waals surface area contributed by atoms with Crippen molar-refractivity contribution in [3.63, 3.8) is 0 Å². The Labute approximate surface area is 139 Å². The SMILES string of the molecule is C=CCc1cc(Cl)cc2c(=O)cc(/C=C/c3ccccc3)oc12. The van der Waals surface area contributed by atoms with Crippen LogP contribution in [0.15, 0.2) is 70.4 Å². The van der Waals surface area contributed by atoms with Crippen LogP contribution in [-0.4, -0.2) is 0 Å². The van der Waals surface area contributed by atoms with Gasteiger partial charge in [0.15, 0.2) is 5.43 Å². The lowest BCUT2D eigenvalue weighted by Crippen LogP contribution is -2.02. The van der Waals surface area contributed by atoms with Gasteiger partial charge in [0.2, 0.25) is 0 Å². The fourth-order valence-electron chi connectivity index (χ4n) is 2.44. The summed E-state index contributed by atoms with van der Waals surface area (Å²) in [5.41, 5.74) is 2.36. The summed E-state index contributed by atoms with van der Waals surface area (Å²) in [6.45, 7) is 3.74. The molecule has 0 fully saturated rings. The maximum atomic E-state index is 12.3. The van der Waals surface area contributed by atoms with Crippen LogP contribution in [-0.2, 0) is 6.42 Å². The van der Waals surface area contributed by atoms with Crippen LogP contribution < -0.4 is 5.43 Å². The van der Waals surface area contributed by atoms with E-state index in [1.807, 2.05) is 36.4 Å². The molecule has 2 nitrogen and oxygen atoms in total. The van der Waals surface area contributed by atoms with Crippen LogP contribution in [0.1, 0.15) is 16.9 Å². The van der Waals surface area contributed by atoms with Gasteiger partial charge in [-0.2, -0.15) is 0 Å². The number of hydrogen-bond donors (Lipinski definition) is 0. The standard InChI is InChI=1S/C20H15ClO2/c1-2-6-15-11-16(21)12-18-19(22)13-17(23-20(15)18)10-9-14-7-4-3-5-8-14/h2-5,7-13H,1,6H2/b10-9+. The monoisotopic (exact) mass is 322 g/mol. The van der Waals surface area contributed by atoms with E-state index in [4.69, 9.17) is 16.0 Å². The highest BCUT2D eigenvalue weighted by molar-refractivity contribution is 6.31. The average Bonchev–Trinajstić information content (AvgIpc) is 2.55. The Bertz CT molecular complexity index is 937. The smallest absolute Gasteiger partial charge is 0.193 e. The van der Waals surface area contributed by atoms with E-state index in [1.54, 1.807) is 24.3 Å². The summed E-state index contributed by atoms with van der Waals surface area (Å²) >= 11 is 6.08. The van der Waals surface area contributed by atoms with Gasteiger partial charge >= 0.3 is 0 Å². The van der Waals surface area contributed by atoms with Crippen LogP contribution in [0.25, 0.3) is 23.1 Å². The van der Waals surface area contributed by atoms with E-state index in [2.05, 4.69) is 6.58 Å². The van der Waals surface area contributed by atoms with Crippen molar-refractivity contribution in [3.8, 4) is 0 Å². The molecule has 0 bridgehead atoms. The predicted molar refractivity (Wildman–Crippen MR) is 96.8 cm³/mol. The molecule has 0 N–H and O–H groups in total. The van der Waals surface area contributed by atoms with E-state index >= 15 is 0 Å². The Morgan fingerprint density at radius 3 is 2.61 bits per heavy atom. The van der Waals surface area contributed by atoms with Gasteiger partial charge in [-0.25, -0.2) is 0 Å². The van der Waals surface area contributed by atoms with Crippen LogP contribution >= 0.6 is 11.6 Å². The lowest BCUT2D eigenvalue weighted by atomic mass is 10.1. The lowest BCUT2D eigenvalue weighted by Gasteiger charge is -2.05. The first-order valence-corrected chi connectivity index (χ1v) is 7.65. The zero-order valence-corrected chi connectivity index (χ0v) is 13.2. The van der Waals surface area contributed by atoms with Crippen molar-refractivity contribution >= 4 is 34.7 Å². The molecule has 0 atom stereocenters. The summed E-state index contributed by atoms with van der Waals surface area (Å²) in [5.74, 6) is 0.513. The maximum absolute atomic E-state index is 12.3. The molecule has 0 aliphatic heterocycles. The van der Waals surface area contributed by atoms with Gasteiger partial charge in [0.25, 0.3) is 0 Å². The summed E-state index contributed by atoms with van der Waals surface area (Å²) in [7, 11) is 0. The van der Waals surface area contributed by atoms with Crippen molar-refractivity contribution in [1.29, 1.82) is 0 Å². The van der Waals surface area contributed by atoms with Gasteiger partial charge < -0.3 is 4.42 Å². The molecule has 1 heterocycles. The maximum Gasteiger partial charge on any atom is 0.193 e. The zero-order chi connectivity index (χ0) is 16.2. The third-order valence-corrected chi connectivity index (χ3v) is 3.71. The van der Waals surface area contributed by atoms with E-state index in [0.717, 1.165) is 11.1 Å². The minimum Gasteiger partial charge on any atom is -0.456 e. The molecule has 0 saturated carbocycles. The second kappa shape index (κ2) is 6.67. The predicted octanol–water partition coefficient (Wildman–Crippen LogP) is 5.35. The molecule has 3 rings (SSSR count). The van der Waals surface area contributed by atoms with Crippen molar-refractivity contribution in [2.75, 3.05) is 0 Å². The normalized spacial score (nSPS) is 11.2. The van der Waals surface area contributed by atoms with Gasteiger partial charge in [-0.15, -0.1) is 6.58 Å². The minimum absolute atomic E-state index is 0.105. The minimum atomic E-state index is -0.105. The van der Waals surface area contributed by atoms with E-state index in [-0.39, 0.29) is 5.43 Å². The first kappa shape index (κ1) is 15.3. The van der Waals surface area contributed by atoms with E-state index in [9.17, 15) is 4.79 Å². The molecule has 0 saturated heterocycles. The molecule has 0 unspecified atom stereocenters. The fraction of sp³-hybridized carbons (Fsp3) is 0.0500. The molecule has 0 aliphatic rings. The van der Waals surface area contributed by atoms with Crippen molar-refractivity contribution in [1.82, 2.24) is 0 Å². The zero-order valence-electron chi connectivity index (χ0n) is 12.5. The summed E-state index contributed by atoms with van der Waals surface area (Å²) in [4.78, 5) is 12.3. The second-order valence-corrected chi connectivity index (χ2v) is 5.63. The Hall–Kier alpha value is -2.58. The van der Waals surface area contributed by atoms with Gasteiger partial charge in [-0.05, 0) is 30.2 Å². The number of fused-ring (bicyclic) bond motifs is 1. The van der Waals surface area contributed by atoms with Gasteiger partial charge in [0, 0.05) is 16.7 Å². The summed E-state index contributed by atoms with van der Waals surface area (Å²) in [5, 5.41) is 1.01. The van der Waals surface area contributed by atoms with E-state index in [1.165, 1.54) is 6.07 Å². The Balaban J connectivity index is 2.11. The molecule has 2 aromatic carbocycles. The molecule has 3 aromatic rings. The van der Waals surface area contributed by atoms with E-state index < -0.39 is 0 Å². The largest absolute Gasteiger partial charge is 0.456 e. The van der Waals surface area contributed by atoms with Crippen LogP contribution in [0, 0.1) is 0 Å². The van der Waals surface area contributed by atoms with Crippen molar-refractivity contribution in [2.24, 2.45) is 0 Å². The van der Waals surface area contributed by atoms with Crippen molar-refractivity contribution in [3.05, 3.63) is 93.3 Å². The number of benzene rings is 2. The van der Waals surface area contributed by atoms with Crippen LogP contribution in [0.4, 0.5) is 0 Å². The molecular weight excluding hydrogens is 308 g/mol. The summed E-state index contributed by atoms with van der Waals surface area (Å²) < 4.78 is 5.91. The molecule has 23 heavy (non-hydrogen) atoms. The molecule has 0 spiro atoms. The van der Waals surface area contributed by atoms with Gasteiger partial charge in [-0.1, -0.05) is 54.1 Å². The highest BCUT2D eigenvalue weighted by Crippen LogP contribution is 2.24. The highest BCUT2D eigenvalue weighted by atomic mass is 35.5. The molecular formula is C20H15ClO2. The number of rotatable bonds is 4. The Kier molecular flexibility index (Phi) is 4.45. The van der Waals surface area contributed by atoms with Crippen LogP contribution in [0.3, 0.4) is 0 Å². The number of allylic oxidation sites excluding steroid dienone is 1. The first-order chi connectivity index (χ1) is 11.2. The van der Waals surface area contributed by atoms with Crippen LogP contribution in [0.2, 0.25) is 5.02 Å². The fourth-order valence-corrected chi connectivity index (χ4v) is 2.68. The quantitative estimate of drug-likeness (QED) is 0.606. The number of hydrogen-bond acceptors (Lipinski definition) is 2. The third-order valence-electron chi connectivity index (χ3n) is 3.49. The summed E-state index contributed by atoms with van der Waals surface area (Å²) in [6.07, 6.45) is 6.05. The van der Waals surface area contributed by atoms with Crippen molar-refractivity contribution < 1.29 is 4.42 Å². The topological polar surface area (TPSA) is 30.2 Å². The van der Waals surface area contributed by atoms with Gasteiger partial charge in [0.1, 0.15) is 11.3 Å².